The van der Waals surface area contributed by atoms with Crippen LogP contribution >= 0.6 is 0 Å². The molecule has 0 aliphatic carbocycles. The van der Waals surface area contributed by atoms with Crippen molar-refractivity contribution in [2.45, 2.75) is 39.3 Å². The first kappa shape index (κ1) is 17.8. The van der Waals surface area contributed by atoms with Crippen LogP contribution in [0.1, 0.15) is 37.6 Å². The maximum absolute atomic E-state index is 12.6. The normalized spacial score (nSPS) is 13.2. The van der Waals surface area contributed by atoms with Gasteiger partial charge in [0, 0.05) is 7.05 Å². The van der Waals surface area contributed by atoms with Gasteiger partial charge in [-0.1, -0.05) is 25.1 Å². The Balaban J connectivity index is 2.07. The van der Waals surface area contributed by atoms with Crippen LogP contribution in [0.5, 0.6) is 11.5 Å². The Morgan fingerprint density at radius 1 is 1.33 bits per heavy atom. The molecule has 24 heavy (non-hydrogen) atoms. The van der Waals surface area contributed by atoms with Crippen molar-refractivity contribution in [2.75, 3.05) is 7.11 Å². The van der Waals surface area contributed by atoms with Gasteiger partial charge in [-0.2, -0.15) is 5.10 Å². The summed E-state index contributed by atoms with van der Waals surface area (Å²) in [6.07, 6.45) is 1.80. The number of nitrogens with zero attached hydrogens (tertiary/aromatic N) is 2. The van der Waals surface area contributed by atoms with E-state index in [4.69, 9.17) is 9.47 Å². The molecule has 0 saturated carbocycles. The summed E-state index contributed by atoms with van der Waals surface area (Å²) in [5.74, 6) is 1.21. The van der Waals surface area contributed by atoms with E-state index in [-0.39, 0.29) is 11.9 Å². The van der Waals surface area contributed by atoms with E-state index in [1.165, 1.54) is 0 Å². The first-order valence-corrected chi connectivity index (χ1v) is 8.06. The third-order valence-corrected chi connectivity index (χ3v) is 3.84. The Hall–Kier alpha value is -2.50. The second-order valence-corrected chi connectivity index (χ2v) is 5.77. The van der Waals surface area contributed by atoms with Crippen molar-refractivity contribution < 1.29 is 14.3 Å². The molecule has 1 aromatic carbocycles. The van der Waals surface area contributed by atoms with Gasteiger partial charge in [0.1, 0.15) is 11.4 Å². The Labute approximate surface area is 142 Å². The summed E-state index contributed by atoms with van der Waals surface area (Å²) in [5, 5.41) is 7.31. The van der Waals surface area contributed by atoms with Gasteiger partial charge in [-0.25, -0.2) is 0 Å². The molecular weight excluding hydrogens is 306 g/mol. The van der Waals surface area contributed by atoms with Gasteiger partial charge in [-0.15, -0.1) is 0 Å². The second kappa shape index (κ2) is 7.86. The van der Waals surface area contributed by atoms with Crippen LogP contribution in [0.2, 0.25) is 0 Å². The Bertz CT molecular complexity index is 697. The van der Waals surface area contributed by atoms with Crippen molar-refractivity contribution >= 4 is 5.91 Å². The molecule has 1 aromatic heterocycles. The molecule has 2 unspecified atom stereocenters. The monoisotopic (exact) mass is 331 g/mol. The summed E-state index contributed by atoms with van der Waals surface area (Å²) in [5.41, 5.74) is 1.70. The molecule has 1 heterocycles. The minimum Gasteiger partial charge on any atom is -0.493 e. The molecular formula is C18H25N3O3. The molecule has 0 aliphatic heterocycles. The highest BCUT2D eigenvalue weighted by Crippen LogP contribution is 2.23. The summed E-state index contributed by atoms with van der Waals surface area (Å²) < 4.78 is 12.9. The van der Waals surface area contributed by atoms with Gasteiger partial charge in [-0.05, 0) is 31.9 Å². The minimum absolute atomic E-state index is 0.166. The molecule has 0 saturated heterocycles. The Morgan fingerprint density at radius 3 is 2.67 bits per heavy atom. The van der Waals surface area contributed by atoms with E-state index in [0.717, 1.165) is 11.3 Å². The van der Waals surface area contributed by atoms with Crippen LogP contribution in [-0.2, 0) is 11.8 Å². The van der Waals surface area contributed by atoms with E-state index in [9.17, 15) is 4.79 Å². The third kappa shape index (κ3) is 4.07. The van der Waals surface area contributed by atoms with Gasteiger partial charge < -0.3 is 14.8 Å². The number of hydrogen-bond donors (Lipinski definition) is 1. The average Bonchev–Trinajstić information content (AvgIpc) is 2.95. The highest BCUT2D eigenvalue weighted by Gasteiger charge is 2.24. The lowest BCUT2D eigenvalue weighted by Gasteiger charge is -2.21. The van der Waals surface area contributed by atoms with Crippen molar-refractivity contribution in [3.63, 3.8) is 0 Å². The largest absolute Gasteiger partial charge is 0.493 e. The van der Waals surface area contributed by atoms with E-state index < -0.39 is 6.10 Å². The lowest BCUT2D eigenvalue weighted by Crippen LogP contribution is -2.39. The zero-order chi connectivity index (χ0) is 17.7. The number of carbonyl (C=O) groups is 1. The molecule has 0 spiro atoms. The molecule has 0 radical (unpaired) electrons. The lowest BCUT2D eigenvalue weighted by atomic mass is 10.2. The van der Waals surface area contributed by atoms with Gasteiger partial charge in [0.2, 0.25) is 0 Å². The molecule has 2 atom stereocenters. The van der Waals surface area contributed by atoms with Crippen LogP contribution in [0.3, 0.4) is 0 Å². The summed E-state index contributed by atoms with van der Waals surface area (Å²) in [6, 6.07) is 7.40. The fraction of sp³-hybridized carbons (Fsp3) is 0.444. The summed E-state index contributed by atoms with van der Waals surface area (Å²) in [6.45, 7) is 5.76. The van der Waals surface area contributed by atoms with Crippen molar-refractivity contribution in [1.82, 2.24) is 15.1 Å². The summed E-state index contributed by atoms with van der Waals surface area (Å²) in [7, 11) is 3.40. The summed E-state index contributed by atoms with van der Waals surface area (Å²) in [4.78, 5) is 12.6. The number of carbonyl (C=O) groups excluding carboxylic acids is 1. The number of aromatic nitrogens is 2. The van der Waals surface area contributed by atoms with E-state index in [2.05, 4.69) is 10.4 Å². The van der Waals surface area contributed by atoms with Crippen molar-refractivity contribution in [1.29, 1.82) is 0 Å². The van der Waals surface area contributed by atoms with Gasteiger partial charge in [0.25, 0.3) is 5.91 Å². The van der Waals surface area contributed by atoms with Crippen molar-refractivity contribution in [2.24, 2.45) is 7.05 Å². The number of benzene rings is 1. The highest BCUT2D eigenvalue weighted by atomic mass is 16.5. The summed E-state index contributed by atoms with van der Waals surface area (Å²) >= 11 is 0. The highest BCUT2D eigenvalue weighted by molar-refractivity contribution is 5.81. The molecule has 1 amide bonds. The number of aryl methyl sites for hydroxylation is 2. The van der Waals surface area contributed by atoms with E-state index >= 15 is 0 Å². The number of para-hydroxylation sites is 1. The van der Waals surface area contributed by atoms with Crippen LogP contribution in [0.25, 0.3) is 0 Å². The molecule has 6 nitrogen and oxygen atoms in total. The number of ether oxygens (including phenoxy) is 2. The van der Waals surface area contributed by atoms with Crippen LogP contribution in [0.4, 0.5) is 0 Å². The van der Waals surface area contributed by atoms with E-state index in [1.807, 2.05) is 52.1 Å². The topological polar surface area (TPSA) is 65.4 Å². The second-order valence-electron chi connectivity index (χ2n) is 5.77. The molecule has 2 aromatic rings. The molecule has 0 aliphatic rings. The molecule has 1 N–H and O–H groups in total. The van der Waals surface area contributed by atoms with Crippen molar-refractivity contribution in [3.8, 4) is 11.5 Å². The molecule has 130 valence electrons. The maximum Gasteiger partial charge on any atom is 0.261 e. The molecule has 6 heteroatoms. The Kier molecular flexibility index (Phi) is 5.84. The maximum atomic E-state index is 12.6. The third-order valence-electron chi connectivity index (χ3n) is 3.84. The van der Waals surface area contributed by atoms with Crippen LogP contribution in [-0.4, -0.2) is 28.9 Å². The molecule has 0 fully saturated rings. The van der Waals surface area contributed by atoms with Crippen LogP contribution < -0.4 is 14.8 Å². The minimum atomic E-state index is -0.553. The van der Waals surface area contributed by atoms with Gasteiger partial charge in [-0.3, -0.25) is 9.48 Å². The first-order valence-electron chi connectivity index (χ1n) is 8.06. The number of methoxy groups -OCH3 is 1. The van der Waals surface area contributed by atoms with Gasteiger partial charge in [0.15, 0.2) is 11.9 Å². The smallest absolute Gasteiger partial charge is 0.261 e. The number of hydrogen-bond acceptors (Lipinski definition) is 4. The van der Waals surface area contributed by atoms with Gasteiger partial charge >= 0.3 is 0 Å². The fourth-order valence-corrected chi connectivity index (χ4v) is 2.48. The van der Waals surface area contributed by atoms with Crippen LogP contribution in [0, 0.1) is 6.92 Å². The van der Waals surface area contributed by atoms with E-state index in [1.54, 1.807) is 18.0 Å². The quantitative estimate of drug-likeness (QED) is 0.847. The zero-order valence-electron chi connectivity index (χ0n) is 14.9. The SMILES string of the molecule is CCC(Oc1ccccc1C)C(=O)NC(C)c1nn(C)cc1OC. The predicted octanol–water partition coefficient (Wildman–Crippen LogP) is 2.77. The first-order chi connectivity index (χ1) is 11.5. The average molecular weight is 331 g/mol. The molecule has 2 rings (SSSR count). The standard InChI is InChI=1S/C18H25N3O3/c1-6-14(24-15-10-8-7-9-12(15)2)18(22)19-13(3)17-16(23-5)11-21(4)20-17/h7-11,13-14H,6H2,1-5H3,(H,19,22). The molecule has 0 bridgehead atoms. The zero-order valence-corrected chi connectivity index (χ0v) is 14.9. The number of nitrogens with one attached hydrogen (secondary N) is 1. The number of amides is 1. The van der Waals surface area contributed by atoms with Crippen LogP contribution in [0.15, 0.2) is 30.5 Å². The number of rotatable bonds is 7. The van der Waals surface area contributed by atoms with E-state index in [0.29, 0.717) is 17.9 Å². The van der Waals surface area contributed by atoms with Gasteiger partial charge in [0.05, 0.1) is 19.3 Å². The fourth-order valence-electron chi connectivity index (χ4n) is 2.48. The predicted molar refractivity (Wildman–Crippen MR) is 92.2 cm³/mol. The Morgan fingerprint density at radius 2 is 2.04 bits per heavy atom. The lowest BCUT2D eigenvalue weighted by molar-refractivity contribution is -0.128. The van der Waals surface area contributed by atoms with Crippen molar-refractivity contribution in [3.05, 3.63) is 41.7 Å².